The van der Waals surface area contributed by atoms with E-state index in [1.54, 1.807) is 13.8 Å². The molecular formula is C25H32FN2O3+. The van der Waals surface area contributed by atoms with E-state index in [1.807, 2.05) is 44.2 Å². The second kappa shape index (κ2) is 9.18. The van der Waals surface area contributed by atoms with Gasteiger partial charge in [-0.05, 0) is 56.5 Å². The number of anilines is 1. The Morgan fingerprint density at radius 1 is 1.06 bits per heavy atom. The van der Waals surface area contributed by atoms with Crippen LogP contribution >= 0.6 is 0 Å². The molecule has 2 aromatic carbocycles. The van der Waals surface area contributed by atoms with Crippen LogP contribution in [0, 0.1) is 19.7 Å². The van der Waals surface area contributed by atoms with E-state index in [1.165, 1.54) is 12.1 Å². The molecule has 166 valence electrons. The minimum absolute atomic E-state index is 0.107. The zero-order chi connectivity index (χ0) is 22.6. The Morgan fingerprint density at radius 3 is 2.16 bits per heavy atom. The average molecular weight is 428 g/mol. The van der Waals surface area contributed by atoms with Crippen LogP contribution in [0.5, 0.6) is 0 Å². The maximum atomic E-state index is 13.7. The SMILES string of the molecule is CC[N+](CC)(CC(=O)OCc1ccccc1)C1(C(=O)Nc2c(C)cc(F)cc2C)CC1. The molecule has 1 aliphatic carbocycles. The smallest absolute Gasteiger partial charge is 0.362 e. The molecule has 0 unspecified atom stereocenters. The van der Waals surface area contributed by atoms with Gasteiger partial charge in [-0.1, -0.05) is 30.3 Å². The molecule has 1 fully saturated rings. The van der Waals surface area contributed by atoms with Crippen LogP contribution in [0.2, 0.25) is 0 Å². The van der Waals surface area contributed by atoms with Crippen LogP contribution in [0.3, 0.4) is 0 Å². The molecule has 0 atom stereocenters. The van der Waals surface area contributed by atoms with Gasteiger partial charge in [0.2, 0.25) is 0 Å². The quantitative estimate of drug-likeness (QED) is 0.473. The van der Waals surface area contributed by atoms with Crippen molar-refractivity contribution in [2.24, 2.45) is 0 Å². The number of ether oxygens (including phenoxy) is 1. The fraction of sp³-hybridized carbons (Fsp3) is 0.440. The minimum Gasteiger partial charge on any atom is -0.457 e. The van der Waals surface area contributed by atoms with Crippen molar-refractivity contribution < 1.29 is 23.2 Å². The second-order valence-corrected chi connectivity index (χ2v) is 8.48. The van der Waals surface area contributed by atoms with Gasteiger partial charge in [0.15, 0.2) is 12.1 Å². The van der Waals surface area contributed by atoms with Crippen molar-refractivity contribution in [3.63, 3.8) is 0 Å². The summed E-state index contributed by atoms with van der Waals surface area (Å²) in [7, 11) is 0. The van der Waals surface area contributed by atoms with Gasteiger partial charge in [-0.25, -0.2) is 9.18 Å². The molecule has 0 bridgehead atoms. The Morgan fingerprint density at radius 2 is 1.65 bits per heavy atom. The first-order valence-corrected chi connectivity index (χ1v) is 10.9. The van der Waals surface area contributed by atoms with Crippen LogP contribution in [0.15, 0.2) is 42.5 Å². The number of halogens is 1. The fourth-order valence-corrected chi connectivity index (χ4v) is 4.61. The zero-order valence-corrected chi connectivity index (χ0v) is 18.8. The molecule has 1 aliphatic rings. The lowest BCUT2D eigenvalue weighted by atomic mass is 10.1. The third-order valence-corrected chi connectivity index (χ3v) is 6.68. The Labute approximate surface area is 183 Å². The van der Waals surface area contributed by atoms with E-state index < -0.39 is 5.54 Å². The number of hydrogen-bond donors (Lipinski definition) is 1. The first kappa shape index (κ1) is 22.9. The molecule has 0 saturated heterocycles. The van der Waals surface area contributed by atoms with Crippen molar-refractivity contribution in [3.8, 4) is 0 Å². The van der Waals surface area contributed by atoms with E-state index in [-0.39, 0.29) is 30.8 Å². The van der Waals surface area contributed by atoms with Gasteiger partial charge in [0.25, 0.3) is 5.91 Å². The predicted octanol–water partition coefficient (Wildman–Crippen LogP) is 4.51. The highest BCUT2D eigenvalue weighted by Crippen LogP contribution is 2.48. The number of hydrogen-bond acceptors (Lipinski definition) is 3. The summed E-state index contributed by atoms with van der Waals surface area (Å²) < 4.78 is 19.5. The van der Waals surface area contributed by atoms with Crippen LogP contribution in [-0.2, 0) is 20.9 Å². The second-order valence-electron chi connectivity index (χ2n) is 8.48. The summed E-state index contributed by atoms with van der Waals surface area (Å²) >= 11 is 0. The maximum absolute atomic E-state index is 13.7. The molecule has 1 amide bonds. The predicted molar refractivity (Wildman–Crippen MR) is 119 cm³/mol. The summed E-state index contributed by atoms with van der Waals surface area (Å²) in [5.41, 5.74) is 2.30. The van der Waals surface area contributed by atoms with Gasteiger partial charge in [0.1, 0.15) is 12.4 Å². The van der Waals surface area contributed by atoms with Crippen LogP contribution < -0.4 is 5.32 Å². The maximum Gasteiger partial charge on any atom is 0.362 e. The number of carbonyl (C=O) groups excluding carboxylic acids is 2. The molecule has 1 N–H and O–H groups in total. The van der Waals surface area contributed by atoms with Gasteiger partial charge in [-0.2, -0.15) is 0 Å². The lowest BCUT2D eigenvalue weighted by molar-refractivity contribution is -0.942. The van der Waals surface area contributed by atoms with Crippen molar-refractivity contribution in [2.45, 2.75) is 52.7 Å². The highest BCUT2D eigenvalue weighted by molar-refractivity contribution is 6.00. The highest BCUT2D eigenvalue weighted by atomic mass is 19.1. The summed E-state index contributed by atoms with van der Waals surface area (Å²) in [6.07, 6.45) is 1.43. The Bertz CT molecular complexity index is 927. The van der Waals surface area contributed by atoms with Crippen molar-refractivity contribution in [1.29, 1.82) is 0 Å². The lowest BCUT2D eigenvalue weighted by Gasteiger charge is -2.42. The number of quaternary nitrogens is 1. The van der Waals surface area contributed by atoms with E-state index >= 15 is 0 Å². The van der Waals surface area contributed by atoms with Gasteiger partial charge < -0.3 is 14.5 Å². The number of esters is 1. The van der Waals surface area contributed by atoms with Gasteiger partial charge in [-0.3, -0.25) is 4.79 Å². The van der Waals surface area contributed by atoms with Gasteiger partial charge >= 0.3 is 5.97 Å². The third kappa shape index (κ3) is 4.64. The van der Waals surface area contributed by atoms with Crippen LogP contribution in [-0.4, -0.2) is 41.5 Å². The van der Waals surface area contributed by atoms with Crippen molar-refractivity contribution >= 4 is 17.6 Å². The van der Waals surface area contributed by atoms with Crippen LogP contribution in [0.1, 0.15) is 43.4 Å². The van der Waals surface area contributed by atoms with Crippen LogP contribution in [0.4, 0.5) is 10.1 Å². The average Bonchev–Trinajstić information content (AvgIpc) is 3.56. The van der Waals surface area contributed by atoms with Crippen molar-refractivity contribution in [1.82, 2.24) is 0 Å². The van der Waals surface area contributed by atoms with E-state index in [2.05, 4.69) is 5.32 Å². The topological polar surface area (TPSA) is 55.4 Å². The summed E-state index contributed by atoms with van der Waals surface area (Å²) in [5.74, 6) is -0.729. The normalized spacial score (nSPS) is 14.7. The molecule has 0 aliphatic heterocycles. The van der Waals surface area contributed by atoms with Gasteiger partial charge in [0.05, 0.1) is 13.1 Å². The molecule has 6 heteroatoms. The number of aryl methyl sites for hydroxylation is 2. The zero-order valence-electron chi connectivity index (χ0n) is 18.8. The molecule has 2 aromatic rings. The highest BCUT2D eigenvalue weighted by Gasteiger charge is 2.65. The van der Waals surface area contributed by atoms with E-state index in [0.717, 1.165) is 5.56 Å². The van der Waals surface area contributed by atoms with Crippen LogP contribution in [0.25, 0.3) is 0 Å². The number of likely N-dealkylation sites (N-methyl/N-ethyl adjacent to an activating group) is 1. The minimum atomic E-state index is -0.664. The number of carbonyl (C=O) groups is 2. The van der Waals surface area contributed by atoms with Gasteiger partial charge in [0, 0.05) is 18.5 Å². The molecule has 0 spiro atoms. The summed E-state index contributed by atoms with van der Waals surface area (Å²) in [6.45, 7) is 9.25. The molecule has 3 rings (SSSR count). The first-order valence-electron chi connectivity index (χ1n) is 10.9. The number of benzene rings is 2. The largest absolute Gasteiger partial charge is 0.457 e. The monoisotopic (exact) mass is 427 g/mol. The summed E-state index contributed by atoms with van der Waals surface area (Å²) in [5, 5.41) is 3.04. The number of nitrogens with zero attached hydrogens (tertiary/aromatic N) is 1. The molecule has 1 saturated carbocycles. The summed E-state index contributed by atoms with van der Waals surface area (Å²) in [6, 6.07) is 12.4. The fourth-order valence-electron chi connectivity index (χ4n) is 4.61. The Balaban J connectivity index is 1.76. The molecule has 0 radical (unpaired) electrons. The lowest BCUT2D eigenvalue weighted by Crippen LogP contribution is -2.64. The van der Waals surface area contributed by atoms with E-state index in [4.69, 9.17) is 4.74 Å². The first-order chi connectivity index (χ1) is 14.8. The standard InChI is InChI=1S/C25H31FN2O3/c1-5-28(6-2,16-22(29)31-17-20-10-8-7-9-11-20)25(12-13-25)24(30)27-23-18(3)14-21(26)15-19(23)4/h7-11,14-15H,5-6,12-13,16-17H2,1-4H3/p+1. The molecule has 0 heterocycles. The van der Waals surface area contributed by atoms with E-state index in [0.29, 0.717) is 47.2 Å². The summed E-state index contributed by atoms with van der Waals surface area (Å²) in [4.78, 5) is 26.2. The Hall–Kier alpha value is -2.73. The van der Waals surface area contributed by atoms with Crippen molar-refractivity contribution in [2.75, 3.05) is 25.0 Å². The Kier molecular flexibility index (Phi) is 6.80. The number of nitrogens with one attached hydrogen (secondary N) is 1. The number of rotatable bonds is 9. The van der Waals surface area contributed by atoms with Crippen molar-refractivity contribution in [3.05, 3.63) is 65.0 Å². The molecule has 0 aromatic heterocycles. The van der Waals surface area contributed by atoms with Gasteiger partial charge in [-0.15, -0.1) is 0 Å². The molecular weight excluding hydrogens is 395 g/mol. The molecule has 31 heavy (non-hydrogen) atoms. The number of amides is 1. The molecule has 5 nitrogen and oxygen atoms in total. The third-order valence-electron chi connectivity index (χ3n) is 6.68. The van der Waals surface area contributed by atoms with E-state index in [9.17, 15) is 14.0 Å².